The van der Waals surface area contributed by atoms with Gasteiger partial charge in [0.25, 0.3) is 5.91 Å². The average molecular weight is 165 g/mol. The molecule has 0 aliphatic rings. The first-order chi connectivity index (χ1) is 5.74. The predicted octanol–water partition coefficient (Wildman–Crippen LogP) is -0.934. The summed E-state index contributed by atoms with van der Waals surface area (Å²) in [5.74, 6) is 1.84. The lowest BCUT2D eigenvalue weighted by Crippen LogP contribution is -2.24. The van der Waals surface area contributed by atoms with Gasteiger partial charge in [-0.05, 0) is 0 Å². The summed E-state index contributed by atoms with van der Waals surface area (Å²) in [4.78, 5) is 26.2. The molecule has 0 unspecified atom stereocenters. The zero-order valence-corrected chi connectivity index (χ0v) is 6.18. The summed E-state index contributed by atoms with van der Waals surface area (Å²) in [5, 5.41) is 2.40. The molecule has 0 saturated heterocycles. The van der Waals surface area contributed by atoms with Gasteiger partial charge < -0.3 is 15.3 Å². The van der Waals surface area contributed by atoms with Crippen LogP contribution in [0, 0.1) is 12.3 Å². The maximum atomic E-state index is 11.0. The molecule has 0 aliphatic carbocycles. The Balaban J connectivity index is 2.67. The van der Waals surface area contributed by atoms with Crippen LogP contribution in [0.5, 0.6) is 0 Å². The van der Waals surface area contributed by atoms with Gasteiger partial charge in [0.1, 0.15) is 5.69 Å². The van der Waals surface area contributed by atoms with Gasteiger partial charge in [0, 0.05) is 6.20 Å². The van der Waals surface area contributed by atoms with Crippen molar-refractivity contribution in [2.24, 2.45) is 0 Å². The van der Waals surface area contributed by atoms with E-state index in [0.29, 0.717) is 0 Å². The first kappa shape index (κ1) is 8.14. The Labute approximate surface area is 68.2 Å². The molecule has 1 aromatic rings. The minimum Gasteiger partial charge on any atom is -0.340 e. The van der Waals surface area contributed by atoms with Crippen LogP contribution in [-0.2, 0) is 0 Å². The summed E-state index contributed by atoms with van der Waals surface area (Å²) in [6.07, 6.45) is 6.20. The zero-order valence-electron chi connectivity index (χ0n) is 6.18. The lowest BCUT2D eigenvalue weighted by Gasteiger charge is -1.95. The van der Waals surface area contributed by atoms with Crippen LogP contribution in [0.15, 0.2) is 11.0 Å². The Kier molecular flexibility index (Phi) is 2.33. The van der Waals surface area contributed by atoms with Crippen LogP contribution >= 0.6 is 0 Å². The van der Waals surface area contributed by atoms with Gasteiger partial charge in [0.15, 0.2) is 0 Å². The van der Waals surface area contributed by atoms with E-state index in [1.165, 1.54) is 6.20 Å². The van der Waals surface area contributed by atoms with Crippen molar-refractivity contribution in [1.29, 1.82) is 0 Å². The minimum absolute atomic E-state index is 0.145. The number of aromatic amines is 2. The molecule has 1 amide bonds. The summed E-state index contributed by atoms with van der Waals surface area (Å²) < 4.78 is 0. The zero-order chi connectivity index (χ0) is 8.97. The molecule has 62 valence electrons. The van der Waals surface area contributed by atoms with E-state index in [0.717, 1.165) is 0 Å². The summed E-state index contributed by atoms with van der Waals surface area (Å²) in [6.45, 7) is 0.145. The minimum atomic E-state index is -0.416. The van der Waals surface area contributed by atoms with E-state index < -0.39 is 11.6 Å². The molecule has 0 bridgehead atoms. The van der Waals surface area contributed by atoms with Crippen molar-refractivity contribution in [3.63, 3.8) is 0 Å². The Bertz CT molecular complexity index is 368. The average Bonchev–Trinajstić information content (AvgIpc) is 2.47. The van der Waals surface area contributed by atoms with E-state index in [4.69, 9.17) is 6.42 Å². The molecule has 5 heteroatoms. The molecule has 5 nitrogen and oxygen atoms in total. The fourth-order valence-corrected chi connectivity index (χ4v) is 0.681. The smallest absolute Gasteiger partial charge is 0.323 e. The van der Waals surface area contributed by atoms with Crippen LogP contribution in [0.25, 0.3) is 0 Å². The Morgan fingerprint density at radius 1 is 1.75 bits per heavy atom. The third-order valence-electron chi connectivity index (χ3n) is 1.19. The highest BCUT2D eigenvalue weighted by molar-refractivity contribution is 5.92. The first-order valence-electron chi connectivity index (χ1n) is 3.23. The van der Waals surface area contributed by atoms with Crippen LogP contribution in [0.4, 0.5) is 0 Å². The number of terminal acetylenes is 1. The maximum Gasteiger partial charge on any atom is 0.323 e. The molecular formula is C7H7N3O2. The van der Waals surface area contributed by atoms with Gasteiger partial charge in [-0.15, -0.1) is 6.42 Å². The van der Waals surface area contributed by atoms with Crippen LogP contribution in [0.2, 0.25) is 0 Å². The van der Waals surface area contributed by atoms with E-state index in [-0.39, 0.29) is 12.2 Å². The van der Waals surface area contributed by atoms with Crippen LogP contribution in [0.3, 0.4) is 0 Å². The molecule has 12 heavy (non-hydrogen) atoms. The van der Waals surface area contributed by atoms with Gasteiger partial charge >= 0.3 is 5.69 Å². The number of aromatic nitrogens is 2. The number of imidazole rings is 1. The molecular weight excluding hydrogens is 158 g/mol. The molecule has 1 heterocycles. The van der Waals surface area contributed by atoms with Crippen molar-refractivity contribution in [3.05, 3.63) is 22.4 Å². The molecule has 0 aromatic carbocycles. The van der Waals surface area contributed by atoms with Crippen molar-refractivity contribution < 1.29 is 4.79 Å². The first-order valence-corrected chi connectivity index (χ1v) is 3.23. The lowest BCUT2D eigenvalue weighted by atomic mass is 10.4. The summed E-state index contributed by atoms with van der Waals surface area (Å²) >= 11 is 0. The van der Waals surface area contributed by atoms with Crippen molar-refractivity contribution >= 4 is 5.91 Å². The SMILES string of the molecule is C#CCNC(=O)c1c[nH]c(=O)[nH]1. The standard InChI is InChI=1S/C7H7N3O2/c1-2-3-8-6(11)5-4-9-7(12)10-5/h1,4H,3H2,(H,8,11)(H2,9,10,12). The highest BCUT2D eigenvalue weighted by Gasteiger charge is 2.04. The van der Waals surface area contributed by atoms with Crippen molar-refractivity contribution in [3.8, 4) is 12.3 Å². The molecule has 1 rings (SSSR count). The van der Waals surface area contributed by atoms with Crippen molar-refractivity contribution in [2.45, 2.75) is 0 Å². The number of H-pyrrole nitrogens is 2. The second-order valence-corrected chi connectivity index (χ2v) is 2.04. The predicted molar refractivity (Wildman–Crippen MR) is 42.6 cm³/mol. The topological polar surface area (TPSA) is 77.8 Å². The molecule has 0 fully saturated rings. The summed E-state index contributed by atoms with van der Waals surface area (Å²) in [6, 6.07) is 0. The molecule has 0 atom stereocenters. The monoisotopic (exact) mass is 165 g/mol. The van der Waals surface area contributed by atoms with Gasteiger partial charge in [-0.1, -0.05) is 5.92 Å². The van der Waals surface area contributed by atoms with E-state index >= 15 is 0 Å². The van der Waals surface area contributed by atoms with E-state index in [1.54, 1.807) is 0 Å². The maximum absolute atomic E-state index is 11.0. The summed E-state index contributed by atoms with van der Waals surface area (Å²) in [5.41, 5.74) is -0.240. The molecule has 0 spiro atoms. The number of hydrogen-bond donors (Lipinski definition) is 3. The Morgan fingerprint density at radius 3 is 3.00 bits per heavy atom. The number of nitrogens with one attached hydrogen (secondary N) is 3. The van der Waals surface area contributed by atoms with Gasteiger partial charge in [-0.2, -0.15) is 0 Å². The highest BCUT2D eigenvalue weighted by atomic mass is 16.2. The third-order valence-corrected chi connectivity index (χ3v) is 1.19. The van der Waals surface area contributed by atoms with Crippen LogP contribution < -0.4 is 11.0 Å². The number of carbonyl (C=O) groups is 1. The molecule has 0 saturated carbocycles. The van der Waals surface area contributed by atoms with Gasteiger partial charge in [0.05, 0.1) is 6.54 Å². The highest BCUT2D eigenvalue weighted by Crippen LogP contribution is 1.85. The van der Waals surface area contributed by atoms with Crippen LogP contribution in [0.1, 0.15) is 10.5 Å². The van der Waals surface area contributed by atoms with E-state index in [2.05, 4.69) is 21.2 Å². The van der Waals surface area contributed by atoms with Gasteiger partial charge in [-0.3, -0.25) is 4.79 Å². The normalized spacial score (nSPS) is 8.92. The van der Waals surface area contributed by atoms with Gasteiger partial charge in [0.2, 0.25) is 0 Å². The Morgan fingerprint density at radius 2 is 2.50 bits per heavy atom. The summed E-state index contributed by atoms with van der Waals surface area (Å²) in [7, 11) is 0. The number of hydrogen-bond acceptors (Lipinski definition) is 2. The number of carbonyl (C=O) groups excluding carboxylic acids is 1. The van der Waals surface area contributed by atoms with Crippen molar-refractivity contribution in [2.75, 3.05) is 6.54 Å². The third kappa shape index (κ3) is 1.76. The Hall–Kier alpha value is -1.96. The van der Waals surface area contributed by atoms with E-state index in [9.17, 15) is 9.59 Å². The second-order valence-electron chi connectivity index (χ2n) is 2.04. The fourth-order valence-electron chi connectivity index (χ4n) is 0.681. The van der Waals surface area contributed by atoms with Crippen LogP contribution in [-0.4, -0.2) is 22.4 Å². The molecule has 3 N–H and O–H groups in total. The fraction of sp³-hybridized carbons (Fsp3) is 0.143. The quantitative estimate of drug-likeness (QED) is 0.495. The molecule has 1 aromatic heterocycles. The second kappa shape index (κ2) is 3.44. The number of rotatable bonds is 2. The van der Waals surface area contributed by atoms with E-state index in [1.807, 2.05) is 0 Å². The van der Waals surface area contributed by atoms with Crippen molar-refractivity contribution in [1.82, 2.24) is 15.3 Å². The van der Waals surface area contributed by atoms with Gasteiger partial charge in [-0.25, -0.2) is 4.79 Å². The molecule has 0 radical (unpaired) electrons. The number of amides is 1. The lowest BCUT2D eigenvalue weighted by molar-refractivity contribution is 0.0954. The largest absolute Gasteiger partial charge is 0.340 e. The molecule has 0 aliphatic heterocycles.